The van der Waals surface area contributed by atoms with Crippen molar-refractivity contribution in [3.63, 3.8) is 0 Å². The summed E-state index contributed by atoms with van der Waals surface area (Å²) in [5.41, 5.74) is -1.32. The van der Waals surface area contributed by atoms with Gasteiger partial charge in [-0.15, -0.1) is 0 Å². The van der Waals surface area contributed by atoms with Crippen LogP contribution in [0.2, 0.25) is 0 Å². The van der Waals surface area contributed by atoms with Gasteiger partial charge < -0.3 is 5.11 Å². The SMILES string of the molecule is O=C(O)Cc1cc(-c2ccccc2C(F)(F)F)cnc1F. The molecule has 2 rings (SSSR count). The van der Waals surface area contributed by atoms with Crippen LogP contribution in [0.5, 0.6) is 0 Å². The van der Waals surface area contributed by atoms with Crippen LogP contribution < -0.4 is 0 Å². The second-order valence-electron chi connectivity index (χ2n) is 4.29. The van der Waals surface area contributed by atoms with Crippen molar-refractivity contribution in [3.8, 4) is 11.1 Å². The third kappa shape index (κ3) is 3.36. The Morgan fingerprint density at radius 2 is 1.90 bits per heavy atom. The number of aliphatic carboxylic acids is 1. The summed E-state index contributed by atoms with van der Waals surface area (Å²) in [5, 5.41) is 8.66. The summed E-state index contributed by atoms with van der Waals surface area (Å²) in [4.78, 5) is 14.0. The van der Waals surface area contributed by atoms with Crippen LogP contribution in [0.3, 0.4) is 0 Å². The molecule has 7 heteroatoms. The molecule has 2 aromatic rings. The number of pyridine rings is 1. The fourth-order valence-electron chi connectivity index (χ4n) is 1.91. The Kier molecular flexibility index (Phi) is 3.93. The number of rotatable bonds is 3. The number of hydrogen-bond acceptors (Lipinski definition) is 2. The van der Waals surface area contributed by atoms with Gasteiger partial charge in [-0.05, 0) is 17.7 Å². The van der Waals surface area contributed by atoms with Gasteiger partial charge in [-0.2, -0.15) is 17.6 Å². The highest BCUT2D eigenvalue weighted by Gasteiger charge is 2.33. The van der Waals surface area contributed by atoms with E-state index in [-0.39, 0.29) is 16.7 Å². The fraction of sp³-hybridized carbons (Fsp3) is 0.143. The van der Waals surface area contributed by atoms with Crippen molar-refractivity contribution in [3.05, 3.63) is 53.6 Å². The van der Waals surface area contributed by atoms with Crippen LogP contribution in [0, 0.1) is 5.95 Å². The number of aromatic nitrogens is 1. The van der Waals surface area contributed by atoms with Crippen molar-refractivity contribution in [2.75, 3.05) is 0 Å². The molecule has 1 N–H and O–H groups in total. The molecule has 0 spiro atoms. The van der Waals surface area contributed by atoms with Gasteiger partial charge in [0.25, 0.3) is 0 Å². The highest BCUT2D eigenvalue weighted by molar-refractivity contribution is 5.72. The average molecular weight is 299 g/mol. The Balaban J connectivity index is 2.55. The first-order chi connectivity index (χ1) is 9.79. The predicted molar refractivity (Wildman–Crippen MR) is 66.0 cm³/mol. The normalized spacial score (nSPS) is 11.4. The molecule has 0 unspecified atom stereocenters. The first-order valence-electron chi connectivity index (χ1n) is 5.82. The topological polar surface area (TPSA) is 50.2 Å². The van der Waals surface area contributed by atoms with E-state index in [2.05, 4.69) is 4.98 Å². The molecule has 0 amide bonds. The Bertz CT molecular complexity index is 683. The quantitative estimate of drug-likeness (QED) is 0.696. The molecule has 0 fully saturated rings. The number of carboxylic acids is 1. The Hall–Kier alpha value is -2.44. The molecular weight excluding hydrogens is 290 g/mol. The van der Waals surface area contributed by atoms with E-state index in [9.17, 15) is 22.4 Å². The zero-order chi connectivity index (χ0) is 15.6. The van der Waals surface area contributed by atoms with Crippen LogP contribution >= 0.6 is 0 Å². The van der Waals surface area contributed by atoms with Crippen molar-refractivity contribution in [1.29, 1.82) is 0 Å². The number of hydrogen-bond donors (Lipinski definition) is 1. The van der Waals surface area contributed by atoms with Gasteiger partial charge in [-0.3, -0.25) is 4.79 Å². The average Bonchev–Trinajstić information content (AvgIpc) is 2.40. The summed E-state index contributed by atoms with van der Waals surface area (Å²) >= 11 is 0. The molecule has 1 heterocycles. The van der Waals surface area contributed by atoms with Crippen molar-refractivity contribution >= 4 is 5.97 Å². The molecule has 3 nitrogen and oxygen atoms in total. The van der Waals surface area contributed by atoms with E-state index in [1.54, 1.807) is 0 Å². The van der Waals surface area contributed by atoms with E-state index in [1.807, 2.05) is 0 Å². The van der Waals surface area contributed by atoms with E-state index in [1.165, 1.54) is 18.2 Å². The van der Waals surface area contributed by atoms with Gasteiger partial charge in [0.1, 0.15) is 0 Å². The maximum absolute atomic E-state index is 13.4. The van der Waals surface area contributed by atoms with Crippen LogP contribution in [0.15, 0.2) is 36.5 Å². The minimum Gasteiger partial charge on any atom is -0.481 e. The van der Waals surface area contributed by atoms with E-state index in [0.29, 0.717) is 0 Å². The molecule has 1 aromatic heterocycles. The lowest BCUT2D eigenvalue weighted by Crippen LogP contribution is -2.08. The van der Waals surface area contributed by atoms with Gasteiger partial charge in [-0.25, -0.2) is 4.98 Å². The second-order valence-corrected chi connectivity index (χ2v) is 4.29. The van der Waals surface area contributed by atoms with Crippen molar-refractivity contribution in [2.45, 2.75) is 12.6 Å². The molecule has 1 aromatic carbocycles. The van der Waals surface area contributed by atoms with Crippen molar-refractivity contribution in [2.24, 2.45) is 0 Å². The summed E-state index contributed by atoms with van der Waals surface area (Å²) in [7, 11) is 0. The molecule has 0 atom stereocenters. The molecule has 0 aliphatic heterocycles. The summed E-state index contributed by atoms with van der Waals surface area (Å²) in [6.07, 6.45) is -4.27. The van der Waals surface area contributed by atoms with Crippen LogP contribution in [0.4, 0.5) is 17.6 Å². The fourth-order valence-corrected chi connectivity index (χ4v) is 1.91. The van der Waals surface area contributed by atoms with Gasteiger partial charge in [0.2, 0.25) is 5.95 Å². The maximum atomic E-state index is 13.4. The lowest BCUT2D eigenvalue weighted by Gasteiger charge is -2.13. The number of nitrogens with zero attached hydrogens (tertiary/aromatic N) is 1. The number of carbonyl (C=O) groups is 1. The van der Waals surface area contributed by atoms with E-state index in [0.717, 1.165) is 18.3 Å². The Morgan fingerprint density at radius 3 is 2.52 bits per heavy atom. The monoisotopic (exact) mass is 299 g/mol. The standard InChI is InChI=1S/C14H9F4NO2/c15-13-8(6-12(20)21)5-9(7-19-13)10-3-1-2-4-11(10)14(16,17)18/h1-5,7H,6H2,(H,20,21). The first kappa shape index (κ1) is 15.0. The van der Waals surface area contributed by atoms with Gasteiger partial charge in [0.15, 0.2) is 0 Å². The number of alkyl halides is 3. The number of benzene rings is 1. The smallest absolute Gasteiger partial charge is 0.417 e. The van der Waals surface area contributed by atoms with E-state index in [4.69, 9.17) is 5.11 Å². The highest BCUT2D eigenvalue weighted by atomic mass is 19.4. The molecule has 0 aliphatic rings. The predicted octanol–water partition coefficient (Wildman–Crippen LogP) is 3.53. The van der Waals surface area contributed by atoms with Crippen LogP contribution in [-0.4, -0.2) is 16.1 Å². The van der Waals surface area contributed by atoms with E-state index < -0.39 is 30.1 Å². The summed E-state index contributed by atoms with van der Waals surface area (Å²) in [5.74, 6) is -2.30. The summed E-state index contributed by atoms with van der Waals surface area (Å²) < 4.78 is 52.2. The van der Waals surface area contributed by atoms with Crippen molar-refractivity contribution < 1.29 is 27.5 Å². The van der Waals surface area contributed by atoms with Gasteiger partial charge in [-0.1, -0.05) is 18.2 Å². The lowest BCUT2D eigenvalue weighted by atomic mass is 9.99. The van der Waals surface area contributed by atoms with Crippen LogP contribution in [0.1, 0.15) is 11.1 Å². The Morgan fingerprint density at radius 1 is 1.24 bits per heavy atom. The second kappa shape index (κ2) is 5.51. The third-order valence-electron chi connectivity index (χ3n) is 2.80. The Labute approximate surface area is 116 Å². The number of carboxylic acid groups (broad SMARTS) is 1. The highest BCUT2D eigenvalue weighted by Crippen LogP contribution is 2.36. The molecule has 0 saturated heterocycles. The summed E-state index contributed by atoms with van der Waals surface area (Å²) in [6.45, 7) is 0. The third-order valence-corrected chi connectivity index (χ3v) is 2.80. The summed E-state index contributed by atoms with van der Waals surface area (Å²) in [6, 6.07) is 5.84. The lowest BCUT2D eigenvalue weighted by molar-refractivity contribution is -0.137. The molecule has 0 bridgehead atoms. The molecule has 0 saturated carbocycles. The van der Waals surface area contributed by atoms with Gasteiger partial charge in [0, 0.05) is 17.3 Å². The number of halogens is 4. The zero-order valence-corrected chi connectivity index (χ0v) is 10.5. The molecule has 21 heavy (non-hydrogen) atoms. The first-order valence-corrected chi connectivity index (χ1v) is 5.82. The molecule has 0 aliphatic carbocycles. The minimum atomic E-state index is -4.57. The zero-order valence-electron chi connectivity index (χ0n) is 10.5. The van der Waals surface area contributed by atoms with Gasteiger partial charge in [0.05, 0.1) is 12.0 Å². The van der Waals surface area contributed by atoms with Crippen LogP contribution in [-0.2, 0) is 17.4 Å². The minimum absolute atomic E-state index is 0.0144. The van der Waals surface area contributed by atoms with E-state index >= 15 is 0 Å². The molecule has 110 valence electrons. The van der Waals surface area contributed by atoms with Gasteiger partial charge >= 0.3 is 12.1 Å². The van der Waals surface area contributed by atoms with Crippen LogP contribution in [0.25, 0.3) is 11.1 Å². The molecule has 0 radical (unpaired) electrons. The largest absolute Gasteiger partial charge is 0.481 e. The molecular formula is C14H9F4NO2. The van der Waals surface area contributed by atoms with Crippen molar-refractivity contribution in [1.82, 2.24) is 4.98 Å². The maximum Gasteiger partial charge on any atom is 0.417 e.